The molecule has 0 saturated heterocycles. The largest absolute Gasteiger partial charge is 0.314 e. The minimum atomic E-state index is 0.748. The molecule has 1 unspecified atom stereocenters. The topological polar surface area (TPSA) is 12.0 Å². The van der Waals surface area contributed by atoms with Crippen molar-refractivity contribution in [2.75, 3.05) is 6.54 Å². The summed E-state index contributed by atoms with van der Waals surface area (Å²) in [7, 11) is 0. The predicted molar refractivity (Wildman–Crippen MR) is 68.1 cm³/mol. The lowest BCUT2D eigenvalue weighted by Crippen LogP contribution is -2.35. The van der Waals surface area contributed by atoms with Gasteiger partial charge in [0.05, 0.1) is 0 Å². The highest BCUT2D eigenvalue weighted by molar-refractivity contribution is 4.75. The van der Waals surface area contributed by atoms with E-state index in [1.54, 1.807) is 0 Å². The molecule has 0 amide bonds. The molecule has 1 aliphatic carbocycles. The Morgan fingerprint density at radius 2 is 1.67 bits per heavy atom. The maximum absolute atomic E-state index is 3.65. The highest BCUT2D eigenvalue weighted by Crippen LogP contribution is 2.27. The molecule has 1 atom stereocenters. The lowest BCUT2D eigenvalue weighted by atomic mass is 9.88. The van der Waals surface area contributed by atoms with E-state index >= 15 is 0 Å². The Morgan fingerprint density at radius 3 is 2.13 bits per heavy atom. The van der Waals surface area contributed by atoms with Gasteiger partial charge in [-0.15, -0.1) is 0 Å². The Bertz CT molecular complexity index is 145. The molecule has 0 aromatic rings. The smallest absolute Gasteiger partial charge is 0.00925 e. The van der Waals surface area contributed by atoms with Crippen LogP contribution in [0, 0.1) is 11.8 Å². The van der Waals surface area contributed by atoms with Crippen LogP contribution in [0.2, 0.25) is 0 Å². The molecule has 0 bridgehead atoms. The van der Waals surface area contributed by atoms with E-state index in [-0.39, 0.29) is 0 Å². The standard InChI is InChI=1S/C14H29N/c1-4-15-14(12(2)3)11-13-9-7-5-6-8-10-13/h12-15H,4-11H2,1-3H3. The van der Waals surface area contributed by atoms with Crippen LogP contribution in [-0.4, -0.2) is 12.6 Å². The molecule has 0 heterocycles. The Kier molecular flexibility index (Phi) is 6.31. The second kappa shape index (κ2) is 7.27. The lowest BCUT2D eigenvalue weighted by molar-refractivity contribution is 0.303. The van der Waals surface area contributed by atoms with Crippen LogP contribution < -0.4 is 5.32 Å². The maximum atomic E-state index is 3.65. The Balaban J connectivity index is 2.34. The molecule has 1 nitrogen and oxygen atoms in total. The Labute approximate surface area is 96.0 Å². The fourth-order valence-corrected chi connectivity index (χ4v) is 2.81. The number of hydrogen-bond donors (Lipinski definition) is 1. The third-order valence-electron chi connectivity index (χ3n) is 3.83. The van der Waals surface area contributed by atoms with Crippen LogP contribution in [0.15, 0.2) is 0 Å². The van der Waals surface area contributed by atoms with Gasteiger partial charge in [0.1, 0.15) is 0 Å². The first-order valence-corrected chi connectivity index (χ1v) is 6.97. The summed E-state index contributed by atoms with van der Waals surface area (Å²) in [5.74, 6) is 1.78. The molecule has 15 heavy (non-hydrogen) atoms. The quantitative estimate of drug-likeness (QED) is 0.678. The fraction of sp³-hybridized carbons (Fsp3) is 1.00. The van der Waals surface area contributed by atoms with Gasteiger partial charge in [0.15, 0.2) is 0 Å². The Morgan fingerprint density at radius 1 is 1.07 bits per heavy atom. The summed E-state index contributed by atoms with van der Waals surface area (Å²) in [6, 6.07) is 0.748. The zero-order chi connectivity index (χ0) is 11.1. The minimum absolute atomic E-state index is 0.748. The van der Waals surface area contributed by atoms with Crippen LogP contribution in [0.1, 0.15) is 65.7 Å². The SMILES string of the molecule is CCNC(CC1CCCCCC1)C(C)C. The summed E-state index contributed by atoms with van der Waals surface area (Å²) in [5, 5.41) is 3.65. The summed E-state index contributed by atoms with van der Waals surface area (Å²) in [6.45, 7) is 8.05. The van der Waals surface area contributed by atoms with Gasteiger partial charge in [-0.3, -0.25) is 0 Å². The van der Waals surface area contributed by atoms with Crippen LogP contribution in [0.25, 0.3) is 0 Å². The van der Waals surface area contributed by atoms with Crippen molar-refractivity contribution in [1.82, 2.24) is 5.32 Å². The lowest BCUT2D eigenvalue weighted by Gasteiger charge is -2.26. The third kappa shape index (κ3) is 5.01. The van der Waals surface area contributed by atoms with E-state index in [1.807, 2.05) is 0 Å². The van der Waals surface area contributed by atoms with Crippen molar-refractivity contribution in [2.24, 2.45) is 11.8 Å². The van der Waals surface area contributed by atoms with E-state index in [0.29, 0.717) is 0 Å². The molecule has 90 valence electrons. The van der Waals surface area contributed by atoms with Gasteiger partial charge in [-0.2, -0.15) is 0 Å². The molecule has 0 aromatic carbocycles. The van der Waals surface area contributed by atoms with Crippen molar-refractivity contribution in [3.05, 3.63) is 0 Å². The highest BCUT2D eigenvalue weighted by Gasteiger charge is 2.19. The minimum Gasteiger partial charge on any atom is -0.314 e. The first-order valence-electron chi connectivity index (χ1n) is 6.97. The maximum Gasteiger partial charge on any atom is 0.00925 e. The first-order chi connectivity index (χ1) is 7.24. The van der Waals surface area contributed by atoms with Crippen LogP contribution in [0.3, 0.4) is 0 Å². The zero-order valence-corrected chi connectivity index (χ0v) is 10.9. The third-order valence-corrected chi connectivity index (χ3v) is 3.83. The van der Waals surface area contributed by atoms with Gasteiger partial charge in [0.25, 0.3) is 0 Å². The van der Waals surface area contributed by atoms with Crippen LogP contribution in [0.4, 0.5) is 0 Å². The molecule has 1 heteroatoms. The van der Waals surface area contributed by atoms with E-state index in [4.69, 9.17) is 0 Å². The highest BCUT2D eigenvalue weighted by atomic mass is 14.9. The van der Waals surface area contributed by atoms with Crippen molar-refractivity contribution < 1.29 is 0 Å². The molecule has 1 fully saturated rings. The molecule has 1 saturated carbocycles. The van der Waals surface area contributed by atoms with Gasteiger partial charge in [-0.05, 0) is 24.8 Å². The van der Waals surface area contributed by atoms with Gasteiger partial charge in [-0.1, -0.05) is 59.3 Å². The second-order valence-electron chi connectivity index (χ2n) is 5.50. The van der Waals surface area contributed by atoms with Crippen LogP contribution in [-0.2, 0) is 0 Å². The summed E-state index contributed by atoms with van der Waals surface area (Å²) >= 11 is 0. The predicted octanol–water partition coefficient (Wildman–Crippen LogP) is 3.98. The summed E-state index contributed by atoms with van der Waals surface area (Å²) < 4.78 is 0. The molecule has 0 spiro atoms. The molecule has 1 aliphatic rings. The molecule has 0 aliphatic heterocycles. The first kappa shape index (κ1) is 13.0. The number of nitrogens with one attached hydrogen (secondary N) is 1. The summed E-state index contributed by atoms with van der Waals surface area (Å²) in [4.78, 5) is 0. The van der Waals surface area contributed by atoms with Crippen LogP contribution >= 0.6 is 0 Å². The molecule has 1 N–H and O–H groups in total. The Hall–Kier alpha value is -0.0400. The van der Waals surface area contributed by atoms with Crippen molar-refractivity contribution >= 4 is 0 Å². The van der Waals surface area contributed by atoms with Crippen molar-refractivity contribution in [2.45, 2.75) is 71.8 Å². The van der Waals surface area contributed by atoms with E-state index in [0.717, 1.165) is 24.4 Å². The van der Waals surface area contributed by atoms with Gasteiger partial charge in [-0.25, -0.2) is 0 Å². The van der Waals surface area contributed by atoms with Gasteiger partial charge < -0.3 is 5.32 Å². The van der Waals surface area contributed by atoms with Gasteiger partial charge in [0.2, 0.25) is 0 Å². The average Bonchev–Trinajstić information content (AvgIpc) is 2.45. The molecule has 1 rings (SSSR count). The van der Waals surface area contributed by atoms with Gasteiger partial charge in [0, 0.05) is 6.04 Å². The fourth-order valence-electron chi connectivity index (χ4n) is 2.81. The van der Waals surface area contributed by atoms with Gasteiger partial charge >= 0.3 is 0 Å². The molecule has 0 aromatic heterocycles. The van der Waals surface area contributed by atoms with Crippen molar-refractivity contribution in [3.8, 4) is 0 Å². The van der Waals surface area contributed by atoms with E-state index in [9.17, 15) is 0 Å². The second-order valence-corrected chi connectivity index (χ2v) is 5.50. The molecular formula is C14H29N. The number of rotatable bonds is 5. The van der Waals surface area contributed by atoms with Crippen LogP contribution in [0.5, 0.6) is 0 Å². The van der Waals surface area contributed by atoms with E-state index in [2.05, 4.69) is 26.1 Å². The monoisotopic (exact) mass is 211 g/mol. The molecule has 0 radical (unpaired) electrons. The average molecular weight is 211 g/mol. The van der Waals surface area contributed by atoms with E-state index in [1.165, 1.54) is 44.9 Å². The zero-order valence-electron chi connectivity index (χ0n) is 10.9. The van der Waals surface area contributed by atoms with E-state index < -0.39 is 0 Å². The van der Waals surface area contributed by atoms with Crippen molar-refractivity contribution in [1.29, 1.82) is 0 Å². The number of hydrogen-bond acceptors (Lipinski definition) is 1. The summed E-state index contributed by atoms with van der Waals surface area (Å²) in [5.41, 5.74) is 0. The van der Waals surface area contributed by atoms with Crippen molar-refractivity contribution in [3.63, 3.8) is 0 Å². The molecular weight excluding hydrogens is 182 g/mol. The summed E-state index contributed by atoms with van der Waals surface area (Å²) in [6.07, 6.45) is 10.3. The normalized spacial score (nSPS) is 21.6.